The number of sulfone groups is 1. The van der Waals surface area contributed by atoms with Crippen LogP contribution >= 0.6 is 0 Å². The lowest BCUT2D eigenvalue weighted by molar-refractivity contribution is 0.177. The van der Waals surface area contributed by atoms with Crippen molar-refractivity contribution in [2.45, 2.75) is 45.3 Å². The fraction of sp³-hybridized carbons (Fsp3) is 1.00. The highest BCUT2D eigenvalue weighted by molar-refractivity contribution is 7.91. The molecule has 0 aromatic rings. The topological polar surface area (TPSA) is 66.4 Å². The van der Waals surface area contributed by atoms with Crippen molar-refractivity contribution in [2.75, 3.05) is 18.1 Å². The molecule has 0 bridgehead atoms. The lowest BCUT2D eigenvalue weighted by atomic mass is 10.1. The summed E-state index contributed by atoms with van der Waals surface area (Å²) in [6.45, 7) is 4.39. The van der Waals surface area contributed by atoms with Crippen LogP contribution in [0.5, 0.6) is 0 Å². The quantitative estimate of drug-likeness (QED) is 0.722. The van der Waals surface area contributed by atoms with Gasteiger partial charge in [0.1, 0.15) is 0 Å². The third kappa shape index (κ3) is 4.80. The Kier molecular flexibility index (Phi) is 5.21. The predicted octanol–water partition coefficient (Wildman–Crippen LogP) is 0.560. The normalized spacial score (nSPS) is 28.2. The van der Waals surface area contributed by atoms with Gasteiger partial charge in [-0.25, -0.2) is 8.42 Å². The van der Waals surface area contributed by atoms with Gasteiger partial charge in [0, 0.05) is 11.8 Å². The number of hydrogen-bond donors (Lipinski definition) is 2. The average molecular weight is 249 g/mol. The van der Waals surface area contributed by atoms with E-state index in [1.807, 2.05) is 6.92 Å². The van der Waals surface area contributed by atoms with Crippen LogP contribution in [0.3, 0.4) is 0 Å². The number of aliphatic hydroxyl groups is 1. The monoisotopic (exact) mass is 249 g/mol. The van der Waals surface area contributed by atoms with Gasteiger partial charge in [-0.15, -0.1) is 0 Å². The van der Waals surface area contributed by atoms with Crippen LogP contribution in [-0.2, 0) is 9.84 Å². The Balaban J connectivity index is 2.22. The van der Waals surface area contributed by atoms with Gasteiger partial charge in [0.05, 0.1) is 11.9 Å². The van der Waals surface area contributed by atoms with Crippen molar-refractivity contribution in [1.82, 2.24) is 5.32 Å². The molecule has 1 aliphatic carbocycles. The Morgan fingerprint density at radius 3 is 2.62 bits per heavy atom. The highest BCUT2D eigenvalue weighted by atomic mass is 32.2. The largest absolute Gasteiger partial charge is 0.393 e. The summed E-state index contributed by atoms with van der Waals surface area (Å²) >= 11 is 0. The van der Waals surface area contributed by atoms with Crippen LogP contribution in [-0.4, -0.2) is 43.7 Å². The molecule has 0 heterocycles. The number of rotatable bonds is 6. The van der Waals surface area contributed by atoms with Gasteiger partial charge in [0.25, 0.3) is 0 Å². The van der Waals surface area contributed by atoms with Crippen LogP contribution in [0, 0.1) is 5.92 Å². The van der Waals surface area contributed by atoms with Crippen LogP contribution in [0.25, 0.3) is 0 Å². The summed E-state index contributed by atoms with van der Waals surface area (Å²) in [4.78, 5) is 0. The first-order valence-corrected chi connectivity index (χ1v) is 7.87. The van der Waals surface area contributed by atoms with Crippen LogP contribution in [0.2, 0.25) is 0 Å². The Morgan fingerprint density at radius 2 is 2.12 bits per heavy atom. The standard InChI is InChI=1S/C11H23NO3S/c1-3-16(14,15)8-9(2)12-7-10-4-5-11(13)6-10/h9-13H,3-8H2,1-2H3. The van der Waals surface area contributed by atoms with E-state index in [-0.39, 0.29) is 23.7 Å². The van der Waals surface area contributed by atoms with Gasteiger partial charge in [-0.05, 0) is 38.6 Å². The van der Waals surface area contributed by atoms with Crippen molar-refractivity contribution >= 4 is 9.84 Å². The molecular formula is C11H23NO3S. The fourth-order valence-electron chi connectivity index (χ4n) is 2.16. The minimum atomic E-state index is -2.89. The first-order valence-electron chi connectivity index (χ1n) is 6.05. The maximum atomic E-state index is 11.4. The van der Waals surface area contributed by atoms with Crippen LogP contribution in [0.1, 0.15) is 33.1 Å². The summed E-state index contributed by atoms with van der Waals surface area (Å²) in [6, 6.07) is 0.00249. The summed E-state index contributed by atoms with van der Waals surface area (Å²) in [6.07, 6.45) is 2.62. The molecule has 1 aliphatic rings. The number of hydrogen-bond acceptors (Lipinski definition) is 4. The van der Waals surface area contributed by atoms with Crippen LogP contribution in [0.4, 0.5) is 0 Å². The molecule has 1 saturated carbocycles. The van der Waals surface area contributed by atoms with E-state index in [9.17, 15) is 13.5 Å². The summed E-state index contributed by atoms with van der Waals surface area (Å²) in [5.74, 6) is 0.918. The zero-order chi connectivity index (χ0) is 12.2. The second-order valence-electron chi connectivity index (χ2n) is 4.84. The van der Waals surface area contributed by atoms with Crippen molar-refractivity contribution < 1.29 is 13.5 Å². The van der Waals surface area contributed by atoms with Gasteiger partial charge in [-0.1, -0.05) is 6.92 Å². The second-order valence-corrected chi connectivity index (χ2v) is 7.24. The highest BCUT2D eigenvalue weighted by Gasteiger charge is 2.23. The first-order chi connectivity index (χ1) is 7.43. The minimum Gasteiger partial charge on any atom is -0.393 e. The molecule has 0 aliphatic heterocycles. The van der Waals surface area contributed by atoms with Crippen molar-refractivity contribution in [3.05, 3.63) is 0 Å². The van der Waals surface area contributed by atoms with Crippen molar-refractivity contribution in [1.29, 1.82) is 0 Å². The summed E-state index contributed by atoms with van der Waals surface area (Å²) in [7, 11) is -2.89. The summed E-state index contributed by atoms with van der Waals surface area (Å²) in [5.41, 5.74) is 0. The molecule has 0 amide bonds. The van der Waals surface area contributed by atoms with Crippen molar-refractivity contribution in [2.24, 2.45) is 5.92 Å². The van der Waals surface area contributed by atoms with E-state index in [0.29, 0.717) is 5.92 Å². The smallest absolute Gasteiger partial charge is 0.151 e. The van der Waals surface area contributed by atoms with E-state index in [1.54, 1.807) is 6.92 Å². The number of aliphatic hydroxyl groups excluding tert-OH is 1. The third-order valence-corrected chi connectivity index (χ3v) is 5.10. The molecule has 0 aromatic heterocycles. The average Bonchev–Trinajstić information content (AvgIpc) is 2.61. The zero-order valence-corrected chi connectivity index (χ0v) is 11.0. The third-order valence-electron chi connectivity index (χ3n) is 3.21. The van der Waals surface area contributed by atoms with E-state index >= 15 is 0 Å². The molecule has 0 radical (unpaired) electrons. The molecule has 96 valence electrons. The molecule has 0 saturated heterocycles. The number of nitrogens with one attached hydrogen (secondary N) is 1. The maximum Gasteiger partial charge on any atom is 0.151 e. The Hall–Kier alpha value is -0.130. The maximum absolute atomic E-state index is 11.4. The molecule has 5 heteroatoms. The van der Waals surface area contributed by atoms with Crippen molar-refractivity contribution in [3.63, 3.8) is 0 Å². The first kappa shape index (κ1) is 13.9. The van der Waals surface area contributed by atoms with Gasteiger partial charge in [-0.2, -0.15) is 0 Å². The second kappa shape index (κ2) is 5.98. The highest BCUT2D eigenvalue weighted by Crippen LogP contribution is 2.24. The lowest BCUT2D eigenvalue weighted by Gasteiger charge is -2.16. The molecule has 2 N–H and O–H groups in total. The van der Waals surface area contributed by atoms with Gasteiger partial charge in [0.2, 0.25) is 0 Å². The van der Waals surface area contributed by atoms with Crippen molar-refractivity contribution in [3.8, 4) is 0 Å². The van der Waals surface area contributed by atoms with Gasteiger partial charge in [0.15, 0.2) is 9.84 Å². The lowest BCUT2D eigenvalue weighted by Crippen LogP contribution is -2.36. The SMILES string of the molecule is CCS(=O)(=O)CC(C)NCC1CCC(O)C1. The Morgan fingerprint density at radius 1 is 1.44 bits per heavy atom. The van der Waals surface area contributed by atoms with Crippen LogP contribution < -0.4 is 5.32 Å². The fourth-order valence-corrected chi connectivity index (χ4v) is 3.27. The Labute approximate surface area is 98.4 Å². The molecule has 16 heavy (non-hydrogen) atoms. The van der Waals surface area contributed by atoms with Gasteiger partial charge >= 0.3 is 0 Å². The summed E-state index contributed by atoms with van der Waals surface area (Å²) in [5, 5.41) is 12.6. The molecule has 1 rings (SSSR count). The molecular weight excluding hydrogens is 226 g/mol. The van der Waals surface area contributed by atoms with Gasteiger partial charge < -0.3 is 10.4 Å². The summed E-state index contributed by atoms with van der Waals surface area (Å²) < 4.78 is 22.8. The molecule has 0 spiro atoms. The molecule has 4 nitrogen and oxygen atoms in total. The van der Waals surface area contributed by atoms with E-state index in [0.717, 1.165) is 25.8 Å². The minimum absolute atomic E-state index is 0.00249. The zero-order valence-electron chi connectivity index (χ0n) is 10.1. The van der Waals surface area contributed by atoms with E-state index in [2.05, 4.69) is 5.32 Å². The molecule has 0 aromatic carbocycles. The molecule has 3 atom stereocenters. The van der Waals surface area contributed by atoms with E-state index in [4.69, 9.17) is 0 Å². The Bertz CT molecular complexity index is 302. The van der Waals surface area contributed by atoms with E-state index in [1.165, 1.54) is 0 Å². The van der Waals surface area contributed by atoms with Crippen LogP contribution in [0.15, 0.2) is 0 Å². The van der Waals surface area contributed by atoms with Gasteiger partial charge in [-0.3, -0.25) is 0 Å². The van der Waals surface area contributed by atoms with E-state index < -0.39 is 9.84 Å². The molecule has 3 unspecified atom stereocenters. The predicted molar refractivity (Wildman–Crippen MR) is 65.1 cm³/mol. The molecule has 1 fully saturated rings.